The number of aromatic nitrogens is 1. The maximum absolute atomic E-state index is 12.7. The fourth-order valence-corrected chi connectivity index (χ4v) is 2.22. The van der Waals surface area contributed by atoms with Crippen LogP contribution >= 0.6 is 0 Å². The number of halogens is 3. The molecule has 0 aliphatic heterocycles. The summed E-state index contributed by atoms with van der Waals surface area (Å²) in [6.45, 7) is 0. The van der Waals surface area contributed by atoms with E-state index in [4.69, 9.17) is 0 Å². The molecule has 0 saturated heterocycles. The van der Waals surface area contributed by atoms with Gasteiger partial charge in [-0.15, -0.1) is 0 Å². The van der Waals surface area contributed by atoms with Gasteiger partial charge in [-0.3, -0.25) is 4.79 Å². The fraction of sp³-hybridized carbons (Fsp3) is 0.0625. The first-order valence-corrected chi connectivity index (χ1v) is 6.25. The summed E-state index contributed by atoms with van der Waals surface area (Å²) in [5, 5.41) is 0.350. The summed E-state index contributed by atoms with van der Waals surface area (Å²) in [6.07, 6.45) is -4.41. The molecule has 0 unspecified atom stereocenters. The van der Waals surface area contributed by atoms with Gasteiger partial charge in [0.2, 0.25) is 0 Å². The summed E-state index contributed by atoms with van der Waals surface area (Å²) in [4.78, 5) is 14.7. The fourth-order valence-electron chi connectivity index (χ4n) is 2.22. The molecule has 2 nitrogen and oxygen atoms in total. The maximum atomic E-state index is 12.7. The van der Waals surface area contributed by atoms with Crippen LogP contribution in [0.1, 0.15) is 5.56 Å². The number of pyridine rings is 1. The van der Waals surface area contributed by atoms with Crippen LogP contribution in [0.15, 0.2) is 59.4 Å². The highest BCUT2D eigenvalue weighted by Gasteiger charge is 2.30. The predicted octanol–water partition coefficient (Wildman–Crippen LogP) is 4.21. The quantitative estimate of drug-likeness (QED) is 0.715. The molecule has 21 heavy (non-hydrogen) atoms. The lowest BCUT2D eigenvalue weighted by atomic mass is 10.0. The lowest BCUT2D eigenvalue weighted by molar-refractivity contribution is -0.137. The van der Waals surface area contributed by atoms with Crippen LogP contribution in [0.5, 0.6) is 0 Å². The SMILES string of the molecule is O=c1[nH]c2ccc(C(F)(F)F)cc2cc1-c1ccccc1. The third-order valence-corrected chi connectivity index (χ3v) is 3.26. The zero-order valence-corrected chi connectivity index (χ0v) is 10.7. The smallest absolute Gasteiger partial charge is 0.321 e. The number of H-pyrrole nitrogens is 1. The summed E-state index contributed by atoms with van der Waals surface area (Å²) in [6, 6.07) is 13.6. The standard InChI is InChI=1S/C16H10F3NO/c17-16(18,19)12-6-7-14-11(8-12)9-13(15(21)20-14)10-4-2-1-3-5-10/h1-9H,(H,20,21). The average Bonchev–Trinajstić information content (AvgIpc) is 2.46. The molecular weight excluding hydrogens is 279 g/mol. The Labute approximate surface area is 117 Å². The van der Waals surface area contributed by atoms with Crippen molar-refractivity contribution >= 4 is 10.9 Å². The number of nitrogens with one attached hydrogen (secondary N) is 1. The number of rotatable bonds is 1. The van der Waals surface area contributed by atoms with Crippen molar-refractivity contribution < 1.29 is 13.2 Å². The van der Waals surface area contributed by atoms with E-state index >= 15 is 0 Å². The third kappa shape index (κ3) is 2.54. The number of benzene rings is 2. The summed E-state index contributed by atoms with van der Waals surface area (Å²) >= 11 is 0. The lowest BCUT2D eigenvalue weighted by Gasteiger charge is -2.08. The molecule has 5 heteroatoms. The van der Waals surface area contributed by atoms with Gasteiger partial charge in [0.15, 0.2) is 0 Å². The Morgan fingerprint density at radius 3 is 2.29 bits per heavy atom. The van der Waals surface area contributed by atoms with Gasteiger partial charge < -0.3 is 4.98 Å². The Morgan fingerprint density at radius 1 is 0.905 bits per heavy atom. The highest BCUT2D eigenvalue weighted by Crippen LogP contribution is 2.31. The first kappa shape index (κ1) is 13.4. The van der Waals surface area contributed by atoms with Gasteiger partial charge in [-0.1, -0.05) is 30.3 Å². The van der Waals surface area contributed by atoms with Crippen molar-refractivity contribution in [2.75, 3.05) is 0 Å². The van der Waals surface area contributed by atoms with E-state index in [0.717, 1.165) is 12.1 Å². The van der Waals surface area contributed by atoms with E-state index in [-0.39, 0.29) is 5.56 Å². The molecule has 2 aromatic carbocycles. The summed E-state index contributed by atoms with van der Waals surface area (Å²) in [5.74, 6) is 0. The number of hydrogen-bond donors (Lipinski definition) is 1. The van der Waals surface area contributed by atoms with Gasteiger partial charge in [-0.2, -0.15) is 13.2 Å². The van der Waals surface area contributed by atoms with Crippen molar-refractivity contribution in [3.63, 3.8) is 0 Å². The Balaban J connectivity index is 2.24. The number of fused-ring (bicyclic) bond motifs is 1. The van der Waals surface area contributed by atoms with E-state index in [1.54, 1.807) is 30.3 Å². The molecule has 0 bridgehead atoms. The molecule has 0 atom stereocenters. The molecule has 1 aromatic heterocycles. The van der Waals surface area contributed by atoms with E-state index in [0.29, 0.717) is 22.0 Å². The summed E-state index contributed by atoms with van der Waals surface area (Å²) in [7, 11) is 0. The topological polar surface area (TPSA) is 32.9 Å². The van der Waals surface area contributed by atoms with E-state index in [1.165, 1.54) is 12.1 Å². The van der Waals surface area contributed by atoms with E-state index in [2.05, 4.69) is 4.98 Å². The van der Waals surface area contributed by atoms with Crippen LogP contribution in [-0.4, -0.2) is 4.98 Å². The van der Waals surface area contributed by atoms with Gasteiger partial charge in [0.05, 0.1) is 5.56 Å². The van der Waals surface area contributed by atoms with Gasteiger partial charge in [-0.05, 0) is 35.2 Å². The largest absolute Gasteiger partial charge is 0.416 e. The molecule has 0 fully saturated rings. The monoisotopic (exact) mass is 289 g/mol. The van der Waals surface area contributed by atoms with E-state index in [9.17, 15) is 18.0 Å². The second-order valence-electron chi connectivity index (χ2n) is 4.68. The Morgan fingerprint density at radius 2 is 1.62 bits per heavy atom. The highest BCUT2D eigenvalue weighted by atomic mass is 19.4. The molecule has 1 N–H and O–H groups in total. The third-order valence-electron chi connectivity index (χ3n) is 3.26. The minimum Gasteiger partial charge on any atom is -0.321 e. The minimum absolute atomic E-state index is 0.326. The van der Waals surface area contributed by atoms with Crippen LogP contribution in [0.2, 0.25) is 0 Å². The molecule has 106 valence electrons. The van der Waals surface area contributed by atoms with Crippen LogP contribution in [0.3, 0.4) is 0 Å². The molecule has 1 heterocycles. The molecule has 0 saturated carbocycles. The van der Waals surface area contributed by atoms with Crippen molar-refractivity contribution in [3.8, 4) is 11.1 Å². The minimum atomic E-state index is -4.41. The van der Waals surface area contributed by atoms with Crippen molar-refractivity contribution in [2.24, 2.45) is 0 Å². The lowest BCUT2D eigenvalue weighted by Crippen LogP contribution is -2.10. The molecule has 0 radical (unpaired) electrons. The molecule has 0 aliphatic carbocycles. The average molecular weight is 289 g/mol. The second kappa shape index (κ2) is 4.77. The molecular formula is C16H10F3NO. The van der Waals surface area contributed by atoms with Gasteiger partial charge >= 0.3 is 6.18 Å². The van der Waals surface area contributed by atoms with Crippen LogP contribution in [0, 0.1) is 0 Å². The number of hydrogen-bond acceptors (Lipinski definition) is 1. The molecule has 3 aromatic rings. The van der Waals surface area contributed by atoms with Crippen LogP contribution in [0.25, 0.3) is 22.0 Å². The first-order valence-electron chi connectivity index (χ1n) is 6.25. The number of aromatic amines is 1. The first-order chi connectivity index (χ1) is 9.95. The molecule has 3 rings (SSSR count). The highest BCUT2D eigenvalue weighted by molar-refractivity contribution is 5.84. The van der Waals surface area contributed by atoms with Crippen molar-refractivity contribution in [1.29, 1.82) is 0 Å². The molecule has 0 aliphatic rings. The second-order valence-corrected chi connectivity index (χ2v) is 4.68. The van der Waals surface area contributed by atoms with Gasteiger partial charge in [0.25, 0.3) is 5.56 Å². The number of alkyl halides is 3. The van der Waals surface area contributed by atoms with Gasteiger partial charge in [0.1, 0.15) is 0 Å². The van der Waals surface area contributed by atoms with Gasteiger partial charge in [-0.25, -0.2) is 0 Å². The molecule has 0 amide bonds. The maximum Gasteiger partial charge on any atom is 0.416 e. The van der Waals surface area contributed by atoms with Crippen molar-refractivity contribution in [3.05, 3.63) is 70.5 Å². The molecule has 0 spiro atoms. The van der Waals surface area contributed by atoms with Crippen molar-refractivity contribution in [2.45, 2.75) is 6.18 Å². The summed E-state index contributed by atoms with van der Waals surface area (Å²) < 4.78 is 38.2. The van der Waals surface area contributed by atoms with E-state index < -0.39 is 11.7 Å². The summed E-state index contributed by atoms with van der Waals surface area (Å²) in [5.41, 5.74) is 0.336. The normalized spacial score (nSPS) is 11.8. The Bertz CT molecular complexity index is 851. The Kier molecular flexibility index (Phi) is 3.05. The zero-order chi connectivity index (χ0) is 15.0. The predicted molar refractivity (Wildman–Crippen MR) is 75.0 cm³/mol. The van der Waals surface area contributed by atoms with Crippen molar-refractivity contribution in [1.82, 2.24) is 4.98 Å². The van der Waals surface area contributed by atoms with Gasteiger partial charge in [0, 0.05) is 11.1 Å². The van der Waals surface area contributed by atoms with E-state index in [1.807, 2.05) is 0 Å². The van der Waals surface area contributed by atoms with Crippen LogP contribution in [-0.2, 0) is 6.18 Å². The zero-order valence-electron chi connectivity index (χ0n) is 10.7. The van der Waals surface area contributed by atoms with Crippen LogP contribution < -0.4 is 5.56 Å². The van der Waals surface area contributed by atoms with Crippen LogP contribution in [0.4, 0.5) is 13.2 Å². The Hall–Kier alpha value is -2.56.